The smallest absolute Gasteiger partial charge is 0.466 e. The Hall–Kier alpha value is -1.15. The predicted molar refractivity (Wildman–Crippen MR) is 95.5 cm³/mol. The summed E-state index contributed by atoms with van der Waals surface area (Å²) in [5.74, 6) is 0.473. The molecule has 0 aliphatic rings. The zero-order valence-corrected chi connectivity index (χ0v) is 16.0. The van der Waals surface area contributed by atoms with Crippen LogP contribution in [0.15, 0.2) is 18.2 Å². The summed E-state index contributed by atoms with van der Waals surface area (Å²) in [7, 11) is -3.17. The number of phenols is 1. The molecule has 0 aliphatic heterocycles. The molecule has 0 saturated carbocycles. The van der Waals surface area contributed by atoms with Crippen molar-refractivity contribution in [2.45, 2.75) is 46.1 Å². The molecule has 148 valence electrons. The van der Waals surface area contributed by atoms with Crippen LogP contribution in [0.1, 0.15) is 45.1 Å². The standard InChI is InChI=1S/C8H10O3.C8H18O.H3O4P/c1-11-8-4-6(5-9)2-3-7(8)10;1-3-5-7-9-8-6-4-2;1-5(2,3)4/h2-4,9-10H,5H2,1H3;3-8H2,1-2H3;(H3,1,2,3,4). The first kappa shape index (κ1) is 26.1. The van der Waals surface area contributed by atoms with Crippen molar-refractivity contribution in [1.29, 1.82) is 0 Å². The molecule has 1 rings (SSSR count). The lowest BCUT2D eigenvalue weighted by Crippen LogP contribution is -1.95. The third-order valence-electron chi connectivity index (χ3n) is 2.71. The molecule has 0 heterocycles. The van der Waals surface area contributed by atoms with Gasteiger partial charge in [0.05, 0.1) is 13.7 Å². The normalized spacial score (nSPS) is 10.2. The van der Waals surface area contributed by atoms with Crippen molar-refractivity contribution < 1.29 is 38.9 Å². The molecule has 0 amide bonds. The quantitative estimate of drug-likeness (QED) is 0.342. The van der Waals surface area contributed by atoms with Crippen LogP contribution < -0.4 is 4.74 Å². The summed E-state index contributed by atoms with van der Waals surface area (Å²) in [4.78, 5) is 21.6. The molecule has 0 atom stereocenters. The molecule has 0 radical (unpaired) electrons. The van der Waals surface area contributed by atoms with Gasteiger partial charge in [0.2, 0.25) is 0 Å². The Labute approximate surface area is 149 Å². The van der Waals surface area contributed by atoms with E-state index in [0.717, 1.165) is 18.8 Å². The van der Waals surface area contributed by atoms with E-state index in [1.165, 1.54) is 38.9 Å². The molecule has 0 bridgehead atoms. The number of aliphatic hydroxyl groups is 1. The van der Waals surface area contributed by atoms with Crippen LogP contribution >= 0.6 is 7.82 Å². The number of aromatic hydroxyl groups is 1. The third kappa shape index (κ3) is 20.8. The van der Waals surface area contributed by atoms with Gasteiger partial charge >= 0.3 is 7.82 Å². The van der Waals surface area contributed by atoms with Gasteiger partial charge in [0.15, 0.2) is 11.5 Å². The number of hydrogen-bond donors (Lipinski definition) is 5. The molecule has 0 unspecified atom stereocenters. The molecule has 8 nitrogen and oxygen atoms in total. The van der Waals surface area contributed by atoms with Crippen LogP contribution in [0.3, 0.4) is 0 Å². The highest BCUT2D eigenvalue weighted by Gasteiger charge is 2.00. The number of benzene rings is 1. The number of ether oxygens (including phenoxy) is 2. The number of phosphoric acid groups is 1. The maximum absolute atomic E-state index is 9.12. The van der Waals surface area contributed by atoms with E-state index in [9.17, 15) is 0 Å². The number of methoxy groups -OCH3 is 1. The Bertz CT molecular complexity index is 461. The summed E-state index contributed by atoms with van der Waals surface area (Å²) in [5.41, 5.74) is 0.722. The number of phenolic OH excluding ortho intramolecular Hbond substituents is 1. The molecular formula is C16H31O8P. The summed E-state index contributed by atoms with van der Waals surface area (Å²) in [6, 6.07) is 4.72. The van der Waals surface area contributed by atoms with Crippen molar-refractivity contribution in [1.82, 2.24) is 0 Å². The molecule has 5 N–H and O–H groups in total. The van der Waals surface area contributed by atoms with Crippen molar-refractivity contribution in [2.75, 3.05) is 20.3 Å². The topological polar surface area (TPSA) is 137 Å². The van der Waals surface area contributed by atoms with Gasteiger partial charge in [0.1, 0.15) is 0 Å². The third-order valence-corrected chi connectivity index (χ3v) is 2.71. The Morgan fingerprint density at radius 1 is 1.04 bits per heavy atom. The Balaban J connectivity index is 0. The summed E-state index contributed by atoms with van der Waals surface area (Å²) in [6.07, 6.45) is 4.91. The minimum Gasteiger partial charge on any atom is -0.504 e. The molecule has 0 aromatic heterocycles. The van der Waals surface area contributed by atoms with Crippen LogP contribution in [-0.4, -0.2) is 45.2 Å². The fourth-order valence-electron chi connectivity index (χ4n) is 1.42. The first-order valence-corrected chi connectivity index (χ1v) is 9.58. The Morgan fingerprint density at radius 2 is 1.52 bits per heavy atom. The average Bonchev–Trinajstić information content (AvgIpc) is 2.54. The molecule has 0 aliphatic carbocycles. The Morgan fingerprint density at radius 3 is 1.88 bits per heavy atom. The van der Waals surface area contributed by atoms with Crippen molar-refractivity contribution in [3.63, 3.8) is 0 Å². The largest absolute Gasteiger partial charge is 0.504 e. The fraction of sp³-hybridized carbons (Fsp3) is 0.625. The number of rotatable bonds is 8. The van der Waals surface area contributed by atoms with Crippen molar-refractivity contribution in [3.8, 4) is 11.5 Å². The maximum atomic E-state index is 9.12. The second-order valence-electron chi connectivity index (χ2n) is 5.00. The van der Waals surface area contributed by atoms with Crippen LogP contribution in [0.5, 0.6) is 11.5 Å². The molecule has 1 aromatic carbocycles. The van der Waals surface area contributed by atoms with Crippen LogP contribution in [0.2, 0.25) is 0 Å². The van der Waals surface area contributed by atoms with Gasteiger partial charge < -0.3 is 34.4 Å². The molecule has 9 heteroatoms. The van der Waals surface area contributed by atoms with Gasteiger partial charge in [-0.15, -0.1) is 0 Å². The van der Waals surface area contributed by atoms with Gasteiger partial charge in [-0.05, 0) is 30.5 Å². The second-order valence-corrected chi connectivity index (χ2v) is 6.02. The molecule has 25 heavy (non-hydrogen) atoms. The lowest BCUT2D eigenvalue weighted by molar-refractivity contribution is 0.128. The van der Waals surface area contributed by atoms with E-state index in [2.05, 4.69) is 13.8 Å². The lowest BCUT2D eigenvalue weighted by Gasteiger charge is -2.03. The molecule has 0 fully saturated rings. The second kappa shape index (κ2) is 16.3. The highest BCUT2D eigenvalue weighted by Crippen LogP contribution is 2.26. The van der Waals surface area contributed by atoms with E-state index in [0.29, 0.717) is 5.75 Å². The van der Waals surface area contributed by atoms with Crippen LogP contribution in [-0.2, 0) is 15.9 Å². The summed E-state index contributed by atoms with van der Waals surface area (Å²) in [6.45, 7) is 6.23. The van der Waals surface area contributed by atoms with Gasteiger partial charge in [0.25, 0.3) is 0 Å². The van der Waals surface area contributed by atoms with E-state index >= 15 is 0 Å². The van der Waals surface area contributed by atoms with Crippen molar-refractivity contribution >= 4 is 7.82 Å². The highest BCUT2D eigenvalue weighted by atomic mass is 31.2. The van der Waals surface area contributed by atoms with Crippen molar-refractivity contribution in [3.05, 3.63) is 23.8 Å². The first-order valence-electron chi connectivity index (χ1n) is 8.02. The number of aliphatic hydroxyl groups excluding tert-OH is 1. The molecular weight excluding hydrogens is 351 g/mol. The number of unbranched alkanes of at least 4 members (excludes halogenated alkanes) is 2. The summed E-state index contributed by atoms with van der Waals surface area (Å²) < 4.78 is 19.0. The zero-order chi connectivity index (χ0) is 19.7. The van der Waals surface area contributed by atoms with Gasteiger partial charge in [-0.3, -0.25) is 0 Å². The lowest BCUT2D eigenvalue weighted by atomic mass is 10.2. The van der Waals surface area contributed by atoms with Gasteiger partial charge in [0, 0.05) is 13.2 Å². The van der Waals surface area contributed by atoms with Crippen LogP contribution in [0, 0.1) is 0 Å². The predicted octanol–water partition coefficient (Wildman–Crippen LogP) is 2.57. The minimum atomic E-state index is -4.64. The van der Waals surface area contributed by atoms with Gasteiger partial charge in [-0.25, -0.2) is 4.57 Å². The van der Waals surface area contributed by atoms with E-state index in [-0.39, 0.29) is 12.4 Å². The fourth-order valence-corrected chi connectivity index (χ4v) is 1.42. The van der Waals surface area contributed by atoms with Crippen LogP contribution in [0.25, 0.3) is 0 Å². The highest BCUT2D eigenvalue weighted by molar-refractivity contribution is 7.45. The SMILES string of the molecule is CCCCOCCCC.COc1cc(CO)ccc1O.O=P(O)(O)O. The van der Waals surface area contributed by atoms with E-state index < -0.39 is 7.82 Å². The number of hydrogen-bond acceptors (Lipinski definition) is 5. The van der Waals surface area contributed by atoms with Gasteiger partial charge in [-0.1, -0.05) is 32.8 Å². The molecule has 0 spiro atoms. The van der Waals surface area contributed by atoms with E-state index in [1.807, 2.05) is 0 Å². The minimum absolute atomic E-state index is 0.0450. The Kier molecular flexibility index (Phi) is 17.0. The summed E-state index contributed by atoms with van der Waals surface area (Å²) >= 11 is 0. The average molecular weight is 382 g/mol. The molecule has 1 aromatic rings. The maximum Gasteiger partial charge on any atom is 0.466 e. The van der Waals surface area contributed by atoms with Crippen LogP contribution in [0.4, 0.5) is 0 Å². The first-order chi connectivity index (χ1) is 11.7. The van der Waals surface area contributed by atoms with E-state index in [1.54, 1.807) is 12.1 Å². The van der Waals surface area contributed by atoms with Gasteiger partial charge in [-0.2, -0.15) is 0 Å². The molecule has 0 saturated heterocycles. The summed E-state index contributed by atoms with van der Waals surface area (Å²) in [5, 5.41) is 17.8. The van der Waals surface area contributed by atoms with E-state index in [4.69, 9.17) is 38.9 Å². The zero-order valence-electron chi connectivity index (χ0n) is 15.1. The monoisotopic (exact) mass is 382 g/mol. The van der Waals surface area contributed by atoms with Crippen molar-refractivity contribution in [2.24, 2.45) is 0 Å².